The normalized spacial score (nSPS) is 28.7. The number of anilines is 1. The van der Waals surface area contributed by atoms with Gasteiger partial charge in [0.25, 0.3) is 5.91 Å². The molecule has 2 aromatic rings. The second-order valence-electron chi connectivity index (χ2n) is 14.2. The Kier molecular flexibility index (Phi) is 9.50. The molecule has 3 heterocycles. The van der Waals surface area contributed by atoms with E-state index in [9.17, 15) is 36.4 Å². The summed E-state index contributed by atoms with van der Waals surface area (Å²) in [4.78, 5) is 58.2. The van der Waals surface area contributed by atoms with Gasteiger partial charge in [0.15, 0.2) is 0 Å². The van der Waals surface area contributed by atoms with E-state index >= 15 is 0 Å². The highest BCUT2D eigenvalue weighted by molar-refractivity contribution is 7.91. The number of carbonyl (C=O) groups is 4. The molecule has 0 spiro atoms. The first-order valence-corrected chi connectivity index (χ1v) is 19.1. The van der Waals surface area contributed by atoms with Crippen LogP contribution in [0.3, 0.4) is 0 Å². The number of sulfonamides is 1. The molecule has 2 aromatic carbocycles. The van der Waals surface area contributed by atoms with Crippen LogP contribution in [0.2, 0.25) is 0 Å². The summed E-state index contributed by atoms with van der Waals surface area (Å²) < 4.78 is 61.6. The highest BCUT2D eigenvalue weighted by Crippen LogP contribution is 2.46. The number of halogens is 2. The smallest absolute Gasteiger partial charge is 0.410 e. The summed E-state index contributed by atoms with van der Waals surface area (Å²) in [5, 5.41) is 5.36. The van der Waals surface area contributed by atoms with Crippen LogP contribution in [0.4, 0.5) is 19.3 Å². The third kappa shape index (κ3) is 7.44. The standard InChI is InChI=1S/C36H41F2N5O7S/c37-24-11-13-25(14-12-24)39-30-10-5-3-1-2-4-8-23-18-36(23,34(46)41-51(48,49)27-15-16-27)40-32(44)31-17-26(20-43(31)33(30)45)50-35(47)42-19-22-7-6-9-29(38)28(22)21-42/h4,6-9,11-14,23,26-27,30-31,39H,1-3,5,10,15-21H2,(H,40,44)(H,41,46)/b8-4-/t23-,26+,30-,31-,36+/m0/s1. The van der Waals surface area contributed by atoms with E-state index in [0.29, 0.717) is 48.9 Å². The molecule has 0 bridgehead atoms. The molecule has 2 saturated carbocycles. The van der Waals surface area contributed by atoms with Gasteiger partial charge < -0.3 is 20.3 Å². The topological polar surface area (TPSA) is 154 Å². The second kappa shape index (κ2) is 13.9. The first-order valence-electron chi connectivity index (χ1n) is 17.5. The fourth-order valence-electron chi connectivity index (χ4n) is 7.32. The molecule has 3 N–H and O–H groups in total. The molecular formula is C36H41F2N5O7S. The monoisotopic (exact) mass is 725 g/mol. The Hall–Kier alpha value is -4.53. The van der Waals surface area contributed by atoms with Gasteiger partial charge in [-0.2, -0.15) is 0 Å². The molecule has 12 nitrogen and oxygen atoms in total. The van der Waals surface area contributed by atoms with E-state index in [0.717, 1.165) is 12.8 Å². The molecule has 2 aliphatic carbocycles. The van der Waals surface area contributed by atoms with Crippen molar-refractivity contribution in [2.45, 2.75) is 99.9 Å². The Balaban J connectivity index is 1.14. The van der Waals surface area contributed by atoms with Crippen LogP contribution in [0.5, 0.6) is 0 Å². The van der Waals surface area contributed by atoms with Crippen molar-refractivity contribution in [2.24, 2.45) is 5.92 Å². The van der Waals surface area contributed by atoms with Crippen LogP contribution in [0, 0.1) is 17.6 Å². The highest BCUT2D eigenvalue weighted by Gasteiger charge is 2.62. The molecule has 0 unspecified atom stereocenters. The maximum absolute atomic E-state index is 14.4. The maximum Gasteiger partial charge on any atom is 0.410 e. The zero-order valence-electron chi connectivity index (χ0n) is 28.0. The molecule has 5 aliphatic rings. The molecule has 0 radical (unpaired) electrons. The summed E-state index contributed by atoms with van der Waals surface area (Å²) in [6, 6.07) is 8.23. The Labute approximate surface area is 295 Å². The molecule has 0 aromatic heterocycles. The number of ether oxygens (including phenoxy) is 1. The molecule has 51 heavy (non-hydrogen) atoms. The van der Waals surface area contributed by atoms with Crippen LogP contribution in [0.15, 0.2) is 54.6 Å². The van der Waals surface area contributed by atoms with Crippen LogP contribution in [0.25, 0.3) is 0 Å². The third-order valence-corrected chi connectivity index (χ3v) is 12.3. The van der Waals surface area contributed by atoms with Crippen molar-refractivity contribution in [1.82, 2.24) is 19.8 Å². The summed E-state index contributed by atoms with van der Waals surface area (Å²) in [5.74, 6) is -3.25. The van der Waals surface area contributed by atoms with Gasteiger partial charge in [0.1, 0.15) is 35.4 Å². The Bertz CT molecular complexity index is 1850. The molecule has 7 rings (SSSR count). The molecule has 4 amide bonds. The van der Waals surface area contributed by atoms with E-state index in [1.165, 1.54) is 40.1 Å². The molecule has 3 fully saturated rings. The zero-order chi connectivity index (χ0) is 35.9. The number of allylic oxidation sites excluding steroid dienone is 1. The van der Waals surface area contributed by atoms with Crippen molar-refractivity contribution in [3.8, 4) is 0 Å². The van der Waals surface area contributed by atoms with Gasteiger partial charge in [-0.25, -0.2) is 22.0 Å². The zero-order valence-corrected chi connectivity index (χ0v) is 28.8. The first-order chi connectivity index (χ1) is 24.4. The Morgan fingerprint density at radius 1 is 0.980 bits per heavy atom. The largest absolute Gasteiger partial charge is 0.444 e. The summed E-state index contributed by atoms with van der Waals surface area (Å²) in [6.07, 6.45) is 6.50. The Morgan fingerprint density at radius 3 is 2.51 bits per heavy atom. The number of nitrogens with one attached hydrogen (secondary N) is 3. The predicted molar refractivity (Wildman–Crippen MR) is 181 cm³/mol. The van der Waals surface area contributed by atoms with Crippen molar-refractivity contribution in [3.05, 3.63) is 77.4 Å². The van der Waals surface area contributed by atoms with Crippen molar-refractivity contribution in [2.75, 3.05) is 11.9 Å². The van der Waals surface area contributed by atoms with Crippen LogP contribution in [-0.4, -0.2) is 77.6 Å². The first kappa shape index (κ1) is 34.9. The molecule has 5 atom stereocenters. The fraction of sp³-hybridized carbons (Fsp3) is 0.500. The predicted octanol–water partition coefficient (Wildman–Crippen LogP) is 3.87. The van der Waals surface area contributed by atoms with Crippen LogP contribution < -0.4 is 15.4 Å². The lowest BCUT2D eigenvalue weighted by Gasteiger charge is -2.30. The number of carbonyl (C=O) groups excluding carboxylic acids is 4. The highest BCUT2D eigenvalue weighted by atomic mass is 32.2. The summed E-state index contributed by atoms with van der Waals surface area (Å²) in [5.41, 5.74) is 0.0396. The minimum atomic E-state index is -3.91. The molecule has 1 saturated heterocycles. The number of rotatable bonds is 6. The molecular weight excluding hydrogens is 684 g/mol. The van der Waals surface area contributed by atoms with Gasteiger partial charge in [0.2, 0.25) is 21.8 Å². The maximum atomic E-state index is 14.4. The fourth-order valence-corrected chi connectivity index (χ4v) is 8.69. The number of hydrogen-bond donors (Lipinski definition) is 3. The Morgan fingerprint density at radius 2 is 1.76 bits per heavy atom. The van der Waals surface area contributed by atoms with Gasteiger partial charge in [0.05, 0.1) is 18.3 Å². The van der Waals surface area contributed by atoms with E-state index < -0.39 is 80.4 Å². The van der Waals surface area contributed by atoms with Crippen molar-refractivity contribution < 1.29 is 41.1 Å². The van der Waals surface area contributed by atoms with Crippen LogP contribution >= 0.6 is 0 Å². The van der Waals surface area contributed by atoms with Gasteiger partial charge in [-0.1, -0.05) is 37.1 Å². The minimum absolute atomic E-state index is 0.0140. The lowest BCUT2D eigenvalue weighted by molar-refractivity contribution is -0.140. The number of amides is 4. The van der Waals surface area contributed by atoms with Crippen molar-refractivity contribution in [3.63, 3.8) is 0 Å². The van der Waals surface area contributed by atoms with Gasteiger partial charge in [-0.05, 0) is 74.4 Å². The molecule has 15 heteroatoms. The van der Waals surface area contributed by atoms with Crippen molar-refractivity contribution >= 4 is 39.5 Å². The summed E-state index contributed by atoms with van der Waals surface area (Å²) in [6.45, 7) is 0.0310. The van der Waals surface area contributed by atoms with E-state index in [2.05, 4.69) is 15.4 Å². The van der Waals surface area contributed by atoms with Gasteiger partial charge in [-0.15, -0.1) is 0 Å². The number of benzene rings is 2. The van der Waals surface area contributed by atoms with E-state index in [-0.39, 0.29) is 32.5 Å². The van der Waals surface area contributed by atoms with Gasteiger partial charge in [0, 0.05) is 30.1 Å². The number of fused-ring (bicyclic) bond motifs is 3. The number of nitrogens with zero attached hydrogens (tertiary/aromatic N) is 2. The van der Waals surface area contributed by atoms with Crippen LogP contribution in [0.1, 0.15) is 68.9 Å². The van der Waals surface area contributed by atoms with Crippen molar-refractivity contribution in [1.29, 1.82) is 0 Å². The van der Waals surface area contributed by atoms with E-state index in [1.54, 1.807) is 12.1 Å². The molecule has 272 valence electrons. The lowest BCUT2D eigenvalue weighted by atomic mass is 10.0. The summed E-state index contributed by atoms with van der Waals surface area (Å²) >= 11 is 0. The quantitative estimate of drug-likeness (QED) is 0.380. The average molecular weight is 726 g/mol. The molecule has 3 aliphatic heterocycles. The van der Waals surface area contributed by atoms with Gasteiger partial charge >= 0.3 is 6.09 Å². The van der Waals surface area contributed by atoms with Gasteiger partial charge in [-0.3, -0.25) is 24.0 Å². The summed E-state index contributed by atoms with van der Waals surface area (Å²) in [7, 11) is -3.91. The number of hydrogen-bond acceptors (Lipinski definition) is 8. The van der Waals surface area contributed by atoms with E-state index in [1.807, 2.05) is 12.2 Å². The van der Waals surface area contributed by atoms with E-state index in [4.69, 9.17) is 4.74 Å². The average Bonchev–Trinajstić information content (AvgIpc) is 3.98. The third-order valence-electron chi connectivity index (χ3n) is 10.5. The second-order valence-corrected chi connectivity index (χ2v) is 16.2. The van der Waals surface area contributed by atoms with Crippen LogP contribution in [-0.2, 0) is 42.2 Å². The SMILES string of the molecule is O=C1N[C@]2(C(=O)NS(=O)(=O)C3CC3)C[C@@H]2/C=C\CCCCC[C@H](Nc2ccc(F)cc2)C(=O)N2C[C@H](OC(=O)N3Cc4cccc(F)c4C3)C[C@@H]12. The lowest BCUT2D eigenvalue weighted by Crippen LogP contribution is -2.57. The minimum Gasteiger partial charge on any atom is -0.444 e.